The Morgan fingerprint density at radius 2 is 1.50 bits per heavy atom. The Bertz CT molecular complexity index is 577. The van der Waals surface area contributed by atoms with E-state index >= 15 is 0 Å². The van der Waals surface area contributed by atoms with Crippen molar-refractivity contribution in [2.75, 3.05) is 6.26 Å². The highest BCUT2D eigenvalue weighted by molar-refractivity contribution is 7.90. The Hall–Kier alpha value is -1.75. The first-order valence-corrected chi connectivity index (χ1v) is 6.52. The number of aromatic nitrogens is 2. The maximum Gasteiger partial charge on any atom is 0.175 e. The second-order valence-electron chi connectivity index (χ2n) is 3.42. The molecular weight excluding hydrogens is 224 g/mol. The third-order valence-electron chi connectivity index (χ3n) is 2.18. The first-order chi connectivity index (χ1) is 7.57. The van der Waals surface area contributed by atoms with Crippen molar-refractivity contribution in [3.63, 3.8) is 0 Å². The standard InChI is InChI=1S/C11H10N2O2S/c1-16(14,15)11-4-2-9(3-5-11)10-6-12-8-13-7-10/h2-8H,1H3. The van der Waals surface area contributed by atoms with Gasteiger partial charge in [-0.2, -0.15) is 0 Å². The smallest absolute Gasteiger partial charge is 0.175 e. The van der Waals surface area contributed by atoms with Gasteiger partial charge in [0.1, 0.15) is 6.33 Å². The highest BCUT2D eigenvalue weighted by Crippen LogP contribution is 2.19. The van der Waals surface area contributed by atoms with Crippen LogP contribution in [0.4, 0.5) is 0 Å². The molecule has 1 aromatic carbocycles. The number of nitrogens with zero attached hydrogens (tertiary/aromatic N) is 2. The van der Waals surface area contributed by atoms with Crippen LogP contribution >= 0.6 is 0 Å². The van der Waals surface area contributed by atoms with E-state index in [0.717, 1.165) is 11.1 Å². The average molecular weight is 234 g/mol. The van der Waals surface area contributed by atoms with Crippen LogP contribution in [0.1, 0.15) is 0 Å². The molecule has 0 unspecified atom stereocenters. The number of rotatable bonds is 2. The van der Waals surface area contributed by atoms with Gasteiger partial charge in [0.05, 0.1) is 4.90 Å². The maximum atomic E-state index is 11.3. The highest BCUT2D eigenvalue weighted by atomic mass is 32.2. The molecule has 0 aliphatic carbocycles. The maximum absolute atomic E-state index is 11.3. The molecule has 0 fully saturated rings. The second-order valence-corrected chi connectivity index (χ2v) is 5.44. The number of hydrogen-bond donors (Lipinski definition) is 0. The van der Waals surface area contributed by atoms with Crippen LogP contribution in [0.2, 0.25) is 0 Å². The fourth-order valence-corrected chi connectivity index (χ4v) is 1.97. The molecule has 16 heavy (non-hydrogen) atoms. The summed E-state index contributed by atoms with van der Waals surface area (Å²) in [6.45, 7) is 0. The van der Waals surface area contributed by atoms with E-state index in [4.69, 9.17) is 0 Å². The zero-order valence-electron chi connectivity index (χ0n) is 8.66. The third kappa shape index (κ3) is 2.25. The van der Waals surface area contributed by atoms with E-state index in [1.54, 1.807) is 36.7 Å². The summed E-state index contributed by atoms with van der Waals surface area (Å²) >= 11 is 0. The van der Waals surface area contributed by atoms with Crippen molar-refractivity contribution < 1.29 is 8.42 Å². The summed E-state index contributed by atoms with van der Waals surface area (Å²) < 4.78 is 22.5. The molecule has 0 radical (unpaired) electrons. The molecule has 0 spiro atoms. The first kappa shape index (κ1) is 10.8. The van der Waals surface area contributed by atoms with E-state index < -0.39 is 9.84 Å². The minimum absolute atomic E-state index is 0.313. The van der Waals surface area contributed by atoms with Crippen LogP contribution in [0.15, 0.2) is 47.9 Å². The van der Waals surface area contributed by atoms with Gasteiger partial charge in [0.25, 0.3) is 0 Å². The molecule has 1 aromatic heterocycles. The topological polar surface area (TPSA) is 59.9 Å². The SMILES string of the molecule is CS(=O)(=O)c1ccc(-c2cncnc2)cc1. The van der Waals surface area contributed by atoms with Crippen molar-refractivity contribution in [2.45, 2.75) is 4.90 Å². The van der Waals surface area contributed by atoms with Crippen molar-refractivity contribution >= 4 is 9.84 Å². The zero-order valence-corrected chi connectivity index (χ0v) is 9.48. The van der Waals surface area contributed by atoms with Crippen LogP contribution in [-0.4, -0.2) is 24.6 Å². The number of sulfone groups is 1. The average Bonchev–Trinajstić information content (AvgIpc) is 2.29. The molecular formula is C11H10N2O2S. The normalized spacial score (nSPS) is 11.3. The van der Waals surface area contributed by atoms with Gasteiger partial charge in [0.15, 0.2) is 9.84 Å². The van der Waals surface area contributed by atoms with Gasteiger partial charge in [0.2, 0.25) is 0 Å². The first-order valence-electron chi connectivity index (χ1n) is 4.63. The fraction of sp³-hybridized carbons (Fsp3) is 0.0909. The van der Waals surface area contributed by atoms with Crippen molar-refractivity contribution in [3.8, 4) is 11.1 Å². The Morgan fingerprint density at radius 1 is 0.938 bits per heavy atom. The molecule has 4 nitrogen and oxygen atoms in total. The molecule has 0 aliphatic rings. The van der Waals surface area contributed by atoms with Crippen molar-refractivity contribution in [1.82, 2.24) is 9.97 Å². The molecule has 0 bridgehead atoms. The van der Waals surface area contributed by atoms with Crippen LogP contribution in [0, 0.1) is 0 Å². The molecule has 2 rings (SSSR count). The van der Waals surface area contributed by atoms with Gasteiger partial charge in [-0.1, -0.05) is 12.1 Å². The molecule has 0 N–H and O–H groups in total. The molecule has 0 atom stereocenters. The van der Waals surface area contributed by atoms with E-state index in [0.29, 0.717) is 4.90 Å². The summed E-state index contributed by atoms with van der Waals surface area (Å²) in [5.74, 6) is 0. The molecule has 0 amide bonds. The van der Waals surface area contributed by atoms with Gasteiger partial charge < -0.3 is 0 Å². The van der Waals surface area contributed by atoms with Crippen LogP contribution in [-0.2, 0) is 9.84 Å². The van der Waals surface area contributed by atoms with Crippen molar-refractivity contribution in [1.29, 1.82) is 0 Å². The van der Waals surface area contributed by atoms with Gasteiger partial charge in [-0.25, -0.2) is 18.4 Å². The Morgan fingerprint density at radius 3 is 2.00 bits per heavy atom. The van der Waals surface area contributed by atoms with Crippen LogP contribution in [0.3, 0.4) is 0 Å². The monoisotopic (exact) mass is 234 g/mol. The van der Waals surface area contributed by atoms with E-state index in [1.165, 1.54) is 12.6 Å². The lowest BCUT2D eigenvalue weighted by Gasteiger charge is -2.01. The minimum Gasteiger partial charge on any atom is -0.244 e. The Balaban J connectivity index is 2.41. The summed E-state index contributed by atoms with van der Waals surface area (Å²) in [4.78, 5) is 8.12. The summed E-state index contributed by atoms with van der Waals surface area (Å²) in [7, 11) is -3.13. The minimum atomic E-state index is -3.13. The van der Waals surface area contributed by atoms with Crippen LogP contribution in [0.25, 0.3) is 11.1 Å². The summed E-state index contributed by atoms with van der Waals surface area (Å²) in [5, 5.41) is 0. The lowest BCUT2D eigenvalue weighted by atomic mass is 10.1. The van der Waals surface area contributed by atoms with E-state index in [1.807, 2.05) is 0 Å². The largest absolute Gasteiger partial charge is 0.244 e. The van der Waals surface area contributed by atoms with Gasteiger partial charge in [-0.05, 0) is 17.7 Å². The van der Waals surface area contributed by atoms with E-state index in [9.17, 15) is 8.42 Å². The molecule has 0 saturated heterocycles. The molecule has 5 heteroatoms. The van der Waals surface area contributed by atoms with E-state index in [-0.39, 0.29) is 0 Å². The zero-order chi connectivity index (χ0) is 11.6. The molecule has 1 heterocycles. The van der Waals surface area contributed by atoms with Gasteiger partial charge in [-0.3, -0.25) is 0 Å². The van der Waals surface area contributed by atoms with Crippen molar-refractivity contribution in [2.24, 2.45) is 0 Å². The summed E-state index contributed by atoms with van der Waals surface area (Å²) in [5.41, 5.74) is 1.76. The second kappa shape index (κ2) is 4.02. The predicted molar refractivity (Wildman–Crippen MR) is 60.6 cm³/mol. The molecule has 0 aliphatic heterocycles. The lowest BCUT2D eigenvalue weighted by Crippen LogP contribution is -1.96. The summed E-state index contributed by atoms with van der Waals surface area (Å²) in [6.07, 6.45) is 6.01. The molecule has 0 saturated carbocycles. The number of benzene rings is 1. The Kier molecular flexibility index (Phi) is 2.70. The highest BCUT2D eigenvalue weighted by Gasteiger charge is 2.06. The van der Waals surface area contributed by atoms with Crippen LogP contribution in [0.5, 0.6) is 0 Å². The van der Waals surface area contributed by atoms with Crippen LogP contribution < -0.4 is 0 Å². The summed E-state index contributed by atoms with van der Waals surface area (Å²) in [6, 6.07) is 6.65. The van der Waals surface area contributed by atoms with Crippen molar-refractivity contribution in [3.05, 3.63) is 43.0 Å². The van der Waals surface area contributed by atoms with Gasteiger partial charge in [0, 0.05) is 24.2 Å². The fourth-order valence-electron chi connectivity index (χ4n) is 1.34. The molecule has 82 valence electrons. The quantitative estimate of drug-likeness (QED) is 0.791. The van der Waals surface area contributed by atoms with Gasteiger partial charge >= 0.3 is 0 Å². The predicted octanol–water partition coefficient (Wildman–Crippen LogP) is 1.55. The lowest BCUT2D eigenvalue weighted by molar-refractivity contribution is 0.602. The third-order valence-corrected chi connectivity index (χ3v) is 3.30. The molecule has 2 aromatic rings. The van der Waals surface area contributed by atoms with E-state index in [2.05, 4.69) is 9.97 Å². The van der Waals surface area contributed by atoms with Gasteiger partial charge in [-0.15, -0.1) is 0 Å². The Labute approximate surface area is 93.9 Å². The number of hydrogen-bond acceptors (Lipinski definition) is 4.